The lowest BCUT2D eigenvalue weighted by Crippen LogP contribution is -2.46. The van der Waals surface area contributed by atoms with Crippen molar-refractivity contribution in [1.29, 1.82) is 0 Å². The van der Waals surface area contributed by atoms with Crippen LogP contribution < -0.4 is 10.0 Å². The predicted octanol–water partition coefficient (Wildman–Crippen LogP) is 3.21. The molecular weight excluding hydrogens is 426 g/mol. The highest BCUT2D eigenvalue weighted by atomic mass is 32.2. The second-order valence-electron chi connectivity index (χ2n) is 7.02. The number of nitrogens with zero attached hydrogens (tertiary/aromatic N) is 1. The largest absolute Gasteiger partial charge is 0.450 e. The summed E-state index contributed by atoms with van der Waals surface area (Å²) in [6, 6.07) is 8.26. The van der Waals surface area contributed by atoms with Gasteiger partial charge in [0.05, 0.1) is 6.61 Å². The normalized spacial score (nSPS) is 14.9. The molecule has 2 N–H and O–H groups in total. The molecule has 1 aliphatic heterocycles. The van der Waals surface area contributed by atoms with Crippen LogP contribution in [0.2, 0.25) is 0 Å². The molecule has 1 saturated heterocycles. The number of amides is 2. The van der Waals surface area contributed by atoms with Gasteiger partial charge in [-0.05, 0) is 50.3 Å². The first kappa shape index (κ1) is 22.1. The maximum Gasteiger partial charge on any atom is 0.409 e. The van der Waals surface area contributed by atoms with E-state index in [9.17, 15) is 18.0 Å². The minimum Gasteiger partial charge on any atom is -0.450 e. The number of piperidine rings is 1. The molecule has 162 valence electrons. The number of anilines is 1. The fraction of sp³-hybridized carbons (Fsp3) is 0.400. The highest BCUT2D eigenvalue weighted by molar-refractivity contribution is 7.93. The lowest BCUT2D eigenvalue weighted by atomic mass is 10.1. The number of nitrogens with one attached hydrogen (secondary N) is 2. The summed E-state index contributed by atoms with van der Waals surface area (Å²) in [6.45, 7) is 4.95. The van der Waals surface area contributed by atoms with Crippen molar-refractivity contribution in [2.24, 2.45) is 0 Å². The van der Waals surface area contributed by atoms with Gasteiger partial charge >= 0.3 is 6.09 Å². The molecule has 0 aliphatic carbocycles. The van der Waals surface area contributed by atoms with Crippen LogP contribution in [0.1, 0.15) is 35.0 Å². The Morgan fingerprint density at radius 2 is 1.83 bits per heavy atom. The first-order valence-corrected chi connectivity index (χ1v) is 12.1. The van der Waals surface area contributed by atoms with Crippen molar-refractivity contribution in [2.75, 3.05) is 24.4 Å². The summed E-state index contributed by atoms with van der Waals surface area (Å²) in [5.41, 5.74) is 1.45. The second kappa shape index (κ2) is 9.48. The fourth-order valence-electron chi connectivity index (χ4n) is 3.18. The van der Waals surface area contributed by atoms with E-state index in [1.807, 2.05) is 19.1 Å². The number of hydrogen-bond acceptors (Lipinski definition) is 6. The van der Waals surface area contributed by atoms with Gasteiger partial charge in [0.2, 0.25) is 0 Å². The third-order valence-electron chi connectivity index (χ3n) is 4.78. The quantitative estimate of drug-likeness (QED) is 0.702. The molecule has 10 heteroatoms. The molecule has 1 aliphatic rings. The molecule has 0 spiro atoms. The summed E-state index contributed by atoms with van der Waals surface area (Å²) in [4.78, 5) is 26.2. The number of hydrogen-bond donors (Lipinski definition) is 2. The van der Waals surface area contributed by atoms with Crippen molar-refractivity contribution < 1.29 is 22.7 Å². The summed E-state index contributed by atoms with van der Waals surface area (Å²) >= 11 is 1.08. The van der Waals surface area contributed by atoms with E-state index in [0.717, 1.165) is 16.9 Å². The molecule has 0 unspecified atom stereocenters. The third-order valence-corrected chi connectivity index (χ3v) is 7.25. The van der Waals surface area contributed by atoms with E-state index >= 15 is 0 Å². The van der Waals surface area contributed by atoms with E-state index in [2.05, 4.69) is 10.0 Å². The number of carbonyl (C=O) groups excluding carboxylic acids is 2. The Labute approximate surface area is 180 Å². The molecule has 1 aromatic heterocycles. The van der Waals surface area contributed by atoms with Crippen LogP contribution in [0.5, 0.6) is 0 Å². The zero-order valence-electron chi connectivity index (χ0n) is 16.9. The molecule has 2 aromatic rings. The number of thiophene rings is 1. The average Bonchev–Trinajstić information content (AvgIpc) is 3.21. The standard InChI is InChI=1S/C20H25N3O5S2/c1-3-28-20(25)23-11-8-15(9-12-23)21-19(24)18-17(10-13-29-18)30(26,27)22-16-6-4-14(2)5-7-16/h4-7,10,13,15,22H,3,8-9,11-12H2,1-2H3,(H,21,24). The van der Waals surface area contributed by atoms with E-state index in [1.165, 1.54) is 6.07 Å². The molecule has 0 radical (unpaired) electrons. The van der Waals surface area contributed by atoms with Gasteiger partial charge in [-0.15, -0.1) is 11.3 Å². The van der Waals surface area contributed by atoms with Crippen LogP contribution in [-0.4, -0.2) is 51.1 Å². The van der Waals surface area contributed by atoms with Crippen LogP contribution in [-0.2, 0) is 14.8 Å². The van der Waals surface area contributed by atoms with Crippen molar-refractivity contribution in [2.45, 2.75) is 37.6 Å². The van der Waals surface area contributed by atoms with Gasteiger partial charge in [-0.2, -0.15) is 0 Å². The zero-order chi connectivity index (χ0) is 21.7. The van der Waals surface area contributed by atoms with Crippen LogP contribution in [0, 0.1) is 6.92 Å². The Bertz CT molecular complexity index is 994. The number of sulfonamides is 1. The van der Waals surface area contributed by atoms with Gasteiger partial charge < -0.3 is 15.0 Å². The zero-order valence-corrected chi connectivity index (χ0v) is 18.5. The van der Waals surface area contributed by atoms with Crippen LogP contribution in [0.25, 0.3) is 0 Å². The Balaban J connectivity index is 1.64. The van der Waals surface area contributed by atoms with E-state index < -0.39 is 15.9 Å². The van der Waals surface area contributed by atoms with Crippen molar-refractivity contribution in [1.82, 2.24) is 10.2 Å². The molecule has 0 atom stereocenters. The first-order chi connectivity index (χ1) is 14.3. The van der Waals surface area contributed by atoms with E-state index in [-0.39, 0.29) is 21.9 Å². The maximum atomic E-state index is 12.8. The molecule has 0 saturated carbocycles. The minimum atomic E-state index is -3.90. The summed E-state index contributed by atoms with van der Waals surface area (Å²) in [5, 5.41) is 4.48. The highest BCUT2D eigenvalue weighted by Crippen LogP contribution is 2.25. The Morgan fingerprint density at radius 3 is 2.47 bits per heavy atom. The molecule has 1 fully saturated rings. The van der Waals surface area contributed by atoms with Gasteiger partial charge in [-0.1, -0.05) is 17.7 Å². The lowest BCUT2D eigenvalue weighted by Gasteiger charge is -2.31. The monoisotopic (exact) mass is 451 g/mol. The molecule has 30 heavy (non-hydrogen) atoms. The SMILES string of the molecule is CCOC(=O)N1CCC(NC(=O)c2sccc2S(=O)(=O)Nc2ccc(C)cc2)CC1. The highest BCUT2D eigenvalue weighted by Gasteiger charge is 2.28. The van der Waals surface area contributed by atoms with E-state index in [0.29, 0.717) is 38.2 Å². The summed E-state index contributed by atoms with van der Waals surface area (Å²) in [5.74, 6) is -0.427. The Morgan fingerprint density at radius 1 is 1.17 bits per heavy atom. The number of likely N-dealkylation sites (tertiary alicyclic amines) is 1. The van der Waals surface area contributed by atoms with Gasteiger partial charge in [0.15, 0.2) is 0 Å². The molecule has 2 amide bonds. The third kappa shape index (κ3) is 5.31. The molecule has 3 rings (SSSR count). The van der Waals surface area contributed by atoms with E-state index in [4.69, 9.17) is 4.74 Å². The number of ether oxygens (including phenoxy) is 1. The Hall–Kier alpha value is -2.59. The lowest BCUT2D eigenvalue weighted by molar-refractivity contribution is 0.0860. The smallest absolute Gasteiger partial charge is 0.409 e. The van der Waals surface area contributed by atoms with Crippen molar-refractivity contribution in [3.63, 3.8) is 0 Å². The second-order valence-corrected chi connectivity index (χ2v) is 9.59. The van der Waals surface area contributed by atoms with Crippen LogP contribution in [0.4, 0.5) is 10.5 Å². The number of aryl methyl sites for hydroxylation is 1. The fourth-order valence-corrected chi connectivity index (χ4v) is 5.57. The molecule has 0 bridgehead atoms. The van der Waals surface area contributed by atoms with E-state index in [1.54, 1.807) is 29.3 Å². The van der Waals surface area contributed by atoms with Crippen molar-refractivity contribution in [3.8, 4) is 0 Å². The van der Waals surface area contributed by atoms with Crippen LogP contribution in [0.3, 0.4) is 0 Å². The predicted molar refractivity (Wildman–Crippen MR) is 115 cm³/mol. The molecule has 1 aromatic carbocycles. The number of rotatable bonds is 6. The minimum absolute atomic E-state index is 0.0467. The van der Waals surface area contributed by atoms with Gasteiger partial charge in [0.25, 0.3) is 15.9 Å². The number of benzene rings is 1. The number of carbonyl (C=O) groups is 2. The first-order valence-electron chi connectivity index (χ1n) is 9.69. The summed E-state index contributed by atoms with van der Waals surface area (Å²) < 4.78 is 33.1. The van der Waals surface area contributed by atoms with Crippen molar-refractivity contribution in [3.05, 3.63) is 46.2 Å². The van der Waals surface area contributed by atoms with Gasteiger partial charge in [0.1, 0.15) is 9.77 Å². The van der Waals surface area contributed by atoms with Crippen molar-refractivity contribution >= 4 is 39.0 Å². The molecule has 8 nitrogen and oxygen atoms in total. The van der Waals surface area contributed by atoms with Gasteiger partial charge in [-0.25, -0.2) is 13.2 Å². The molecular formula is C20H25N3O5S2. The average molecular weight is 452 g/mol. The van der Waals surface area contributed by atoms with Crippen LogP contribution >= 0.6 is 11.3 Å². The summed E-state index contributed by atoms with van der Waals surface area (Å²) in [6.07, 6.45) is 0.815. The maximum absolute atomic E-state index is 12.8. The van der Waals surface area contributed by atoms with Gasteiger partial charge in [-0.3, -0.25) is 9.52 Å². The van der Waals surface area contributed by atoms with Gasteiger partial charge in [0, 0.05) is 24.8 Å². The summed E-state index contributed by atoms with van der Waals surface area (Å²) in [7, 11) is -3.90. The Kier molecular flexibility index (Phi) is 6.99. The van der Waals surface area contributed by atoms with Crippen LogP contribution in [0.15, 0.2) is 40.6 Å². The molecule has 2 heterocycles. The topological polar surface area (TPSA) is 105 Å².